The molecule has 0 aliphatic rings. The van der Waals surface area contributed by atoms with Crippen LogP contribution in [0.2, 0.25) is 0 Å². The number of nitrogens with two attached hydrogens (primary N) is 1. The van der Waals surface area contributed by atoms with Crippen LogP contribution in [0.1, 0.15) is 95.1 Å². The van der Waals surface area contributed by atoms with Crippen molar-refractivity contribution in [2.75, 3.05) is 26.9 Å². The van der Waals surface area contributed by atoms with E-state index in [0.717, 1.165) is 17.7 Å². The molecule has 0 radical (unpaired) electrons. The summed E-state index contributed by atoms with van der Waals surface area (Å²) >= 11 is 0. The Kier molecular flexibility index (Phi) is 17.6. The SMILES string of the molecule is CCCCCCCCCCCCCCOC(COCc1cccc(OC)c1)COc1ccc(/C(N)=N/O)cc1. The number of hydrogen-bond donors (Lipinski definition) is 2. The van der Waals surface area contributed by atoms with Gasteiger partial charge in [0.1, 0.15) is 24.2 Å². The predicted octanol–water partition coefficient (Wildman–Crippen LogP) is 7.47. The minimum atomic E-state index is -0.188. The predicted molar refractivity (Wildman–Crippen MR) is 158 cm³/mol. The number of oxime groups is 1. The van der Waals surface area contributed by atoms with E-state index in [4.69, 9.17) is 29.9 Å². The van der Waals surface area contributed by atoms with Crippen molar-refractivity contribution in [3.63, 3.8) is 0 Å². The second-order valence-corrected chi connectivity index (χ2v) is 10.1. The van der Waals surface area contributed by atoms with Gasteiger partial charge in [-0.1, -0.05) is 94.8 Å². The molecule has 3 N–H and O–H groups in total. The van der Waals surface area contributed by atoms with Crippen LogP contribution in [0.3, 0.4) is 0 Å². The van der Waals surface area contributed by atoms with Crippen molar-refractivity contribution in [2.24, 2.45) is 10.9 Å². The molecule has 0 aromatic heterocycles. The van der Waals surface area contributed by atoms with Gasteiger partial charge in [0.05, 0.1) is 20.3 Å². The van der Waals surface area contributed by atoms with E-state index < -0.39 is 0 Å². The summed E-state index contributed by atoms with van der Waals surface area (Å²) in [4.78, 5) is 0. The molecule has 2 aromatic rings. The average molecular weight is 543 g/mol. The molecule has 0 bridgehead atoms. The van der Waals surface area contributed by atoms with Crippen molar-refractivity contribution >= 4 is 5.84 Å². The Balaban J connectivity index is 1.69. The van der Waals surface area contributed by atoms with Crippen molar-refractivity contribution in [3.05, 3.63) is 59.7 Å². The zero-order valence-electron chi connectivity index (χ0n) is 24.1. The third-order valence-electron chi connectivity index (χ3n) is 6.75. The summed E-state index contributed by atoms with van der Waals surface area (Å²) in [5.41, 5.74) is 7.32. The number of rotatable bonds is 23. The Bertz CT molecular complexity index is 904. The first-order valence-electron chi connectivity index (χ1n) is 14.7. The lowest BCUT2D eigenvalue weighted by molar-refractivity contribution is -0.0425. The molecule has 2 aromatic carbocycles. The average Bonchev–Trinajstić information content (AvgIpc) is 2.97. The van der Waals surface area contributed by atoms with Gasteiger partial charge in [-0.3, -0.25) is 0 Å². The smallest absolute Gasteiger partial charge is 0.170 e. The first-order chi connectivity index (χ1) is 19.2. The molecule has 2 rings (SSSR count). The molecule has 1 unspecified atom stereocenters. The van der Waals surface area contributed by atoms with Crippen LogP contribution in [0.25, 0.3) is 0 Å². The van der Waals surface area contributed by atoms with E-state index >= 15 is 0 Å². The zero-order valence-corrected chi connectivity index (χ0v) is 24.1. The highest BCUT2D eigenvalue weighted by Crippen LogP contribution is 2.16. The number of hydrogen-bond acceptors (Lipinski definition) is 6. The Morgan fingerprint density at radius 1 is 0.821 bits per heavy atom. The number of unbranched alkanes of at least 4 members (excludes halogenated alkanes) is 11. The molecule has 0 amide bonds. The highest BCUT2D eigenvalue weighted by atomic mass is 16.6. The molecule has 0 saturated heterocycles. The van der Waals surface area contributed by atoms with Gasteiger partial charge in [0.25, 0.3) is 0 Å². The van der Waals surface area contributed by atoms with Crippen LogP contribution in [-0.2, 0) is 16.1 Å². The van der Waals surface area contributed by atoms with Gasteiger partial charge in [0, 0.05) is 12.2 Å². The van der Waals surface area contributed by atoms with E-state index in [1.165, 1.54) is 70.6 Å². The molecule has 7 nitrogen and oxygen atoms in total. The summed E-state index contributed by atoms with van der Waals surface area (Å²) in [5, 5.41) is 11.9. The van der Waals surface area contributed by atoms with Gasteiger partial charge in [-0.25, -0.2) is 0 Å². The topological polar surface area (TPSA) is 95.5 Å². The summed E-state index contributed by atoms with van der Waals surface area (Å²) in [7, 11) is 1.66. The lowest BCUT2D eigenvalue weighted by Gasteiger charge is -2.19. The van der Waals surface area contributed by atoms with Crippen molar-refractivity contribution in [1.29, 1.82) is 0 Å². The van der Waals surface area contributed by atoms with Crippen molar-refractivity contribution < 1.29 is 24.2 Å². The lowest BCUT2D eigenvalue weighted by Crippen LogP contribution is -2.27. The van der Waals surface area contributed by atoms with Gasteiger partial charge in [-0.2, -0.15) is 0 Å². The fourth-order valence-electron chi connectivity index (χ4n) is 4.38. The molecule has 0 saturated carbocycles. The van der Waals surface area contributed by atoms with E-state index in [0.29, 0.717) is 37.7 Å². The number of nitrogens with zero attached hydrogens (tertiary/aromatic N) is 1. The number of ether oxygens (including phenoxy) is 4. The monoisotopic (exact) mass is 542 g/mol. The van der Waals surface area contributed by atoms with Crippen LogP contribution < -0.4 is 15.2 Å². The molecular formula is C32H50N2O5. The second-order valence-electron chi connectivity index (χ2n) is 10.1. The van der Waals surface area contributed by atoms with Crippen LogP contribution in [0.5, 0.6) is 11.5 Å². The third-order valence-corrected chi connectivity index (χ3v) is 6.75. The molecule has 0 heterocycles. The highest BCUT2D eigenvalue weighted by molar-refractivity contribution is 5.97. The Hall–Kier alpha value is -2.77. The summed E-state index contributed by atoms with van der Waals surface area (Å²) < 4.78 is 23.4. The molecule has 0 aliphatic carbocycles. The molecule has 1 atom stereocenters. The van der Waals surface area contributed by atoms with Gasteiger partial charge in [0.15, 0.2) is 5.84 Å². The quantitative estimate of drug-likeness (QED) is 0.0497. The van der Waals surface area contributed by atoms with Gasteiger partial charge in [0.2, 0.25) is 0 Å². The fraction of sp³-hybridized carbons (Fsp3) is 0.594. The minimum absolute atomic E-state index is 0.0658. The van der Waals surface area contributed by atoms with Gasteiger partial charge in [-0.05, 0) is 48.4 Å². The second kappa shape index (κ2) is 21.1. The van der Waals surface area contributed by atoms with E-state index in [2.05, 4.69) is 12.1 Å². The minimum Gasteiger partial charge on any atom is -0.497 e. The number of amidine groups is 1. The van der Waals surface area contributed by atoms with Gasteiger partial charge in [-0.15, -0.1) is 0 Å². The fourth-order valence-corrected chi connectivity index (χ4v) is 4.38. The highest BCUT2D eigenvalue weighted by Gasteiger charge is 2.12. The van der Waals surface area contributed by atoms with Crippen LogP contribution in [0.4, 0.5) is 0 Å². The summed E-state index contributed by atoms with van der Waals surface area (Å²) in [6.45, 7) is 4.24. The Morgan fingerprint density at radius 3 is 2.08 bits per heavy atom. The van der Waals surface area contributed by atoms with E-state index in [1.807, 2.05) is 24.3 Å². The molecule has 0 spiro atoms. The Labute approximate surface area is 235 Å². The molecule has 7 heteroatoms. The van der Waals surface area contributed by atoms with Crippen LogP contribution in [-0.4, -0.2) is 44.1 Å². The van der Waals surface area contributed by atoms with Crippen LogP contribution in [0, 0.1) is 0 Å². The van der Waals surface area contributed by atoms with Crippen LogP contribution in [0.15, 0.2) is 53.7 Å². The molecule has 0 aliphatic heterocycles. The van der Waals surface area contributed by atoms with E-state index in [9.17, 15) is 0 Å². The first kappa shape index (κ1) is 32.4. The lowest BCUT2D eigenvalue weighted by atomic mass is 10.1. The van der Waals surface area contributed by atoms with E-state index in [-0.39, 0.29) is 11.9 Å². The standard InChI is InChI=1S/C32H50N2O5/c1-3-4-5-6-7-8-9-10-11-12-13-14-22-38-31(25-37-24-27-16-15-17-30(23-27)36-2)26-39-29-20-18-28(19-21-29)32(33)34-35/h15-21,23,31,35H,3-14,22,24-26H2,1-2H3,(H2,33,34). The normalized spacial score (nSPS) is 12.4. The molecule has 39 heavy (non-hydrogen) atoms. The Morgan fingerprint density at radius 2 is 1.46 bits per heavy atom. The van der Waals surface area contributed by atoms with Gasteiger partial charge >= 0.3 is 0 Å². The van der Waals surface area contributed by atoms with Crippen LogP contribution >= 0.6 is 0 Å². The van der Waals surface area contributed by atoms with Crippen molar-refractivity contribution in [1.82, 2.24) is 0 Å². The van der Waals surface area contributed by atoms with E-state index in [1.54, 1.807) is 31.4 Å². The maximum absolute atomic E-state index is 8.84. The van der Waals surface area contributed by atoms with Crippen molar-refractivity contribution in [3.8, 4) is 11.5 Å². The maximum Gasteiger partial charge on any atom is 0.170 e. The summed E-state index contributed by atoms with van der Waals surface area (Å²) in [6.07, 6.45) is 15.6. The largest absolute Gasteiger partial charge is 0.497 e. The van der Waals surface area contributed by atoms with Gasteiger partial charge < -0.3 is 29.9 Å². The number of methoxy groups -OCH3 is 1. The number of benzene rings is 2. The molecule has 0 fully saturated rings. The van der Waals surface area contributed by atoms with Crippen molar-refractivity contribution in [2.45, 2.75) is 96.7 Å². The molecule has 218 valence electrons. The third kappa shape index (κ3) is 14.8. The first-order valence-corrected chi connectivity index (χ1v) is 14.7. The molecular weight excluding hydrogens is 492 g/mol. The summed E-state index contributed by atoms with van der Waals surface area (Å²) in [5.74, 6) is 1.57. The maximum atomic E-state index is 8.84. The summed E-state index contributed by atoms with van der Waals surface area (Å²) in [6, 6.07) is 15.0. The zero-order chi connectivity index (χ0) is 28.0.